The molecule has 0 spiro atoms. The number of benzene rings is 2. The van der Waals surface area contributed by atoms with Gasteiger partial charge in [-0.25, -0.2) is 9.48 Å². The summed E-state index contributed by atoms with van der Waals surface area (Å²) < 4.78 is 12.0. The van der Waals surface area contributed by atoms with Crippen molar-refractivity contribution in [3.05, 3.63) is 95.5 Å². The second-order valence-electron chi connectivity index (χ2n) is 6.80. The lowest BCUT2D eigenvalue weighted by Crippen LogP contribution is -2.26. The van der Waals surface area contributed by atoms with E-state index in [-0.39, 0.29) is 11.5 Å². The monoisotopic (exact) mass is 417 g/mol. The average Bonchev–Trinajstić information content (AvgIpc) is 3.42. The highest BCUT2D eigenvalue weighted by Gasteiger charge is 2.27. The van der Waals surface area contributed by atoms with E-state index in [0.717, 1.165) is 5.56 Å². The van der Waals surface area contributed by atoms with Crippen LogP contribution in [0.3, 0.4) is 0 Å². The fourth-order valence-corrected chi connectivity index (χ4v) is 2.92. The first-order valence-corrected chi connectivity index (χ1v) is 9.52. The molecule has 4 rings (SSSR count). The highest BCUT2D eigenvalue weighted by atomic mass is 16.5. The van der Waals surface area contributed by atoms with Crippen LogP contribution in [0.1, 0.15) is 33.5 Å². The van der Waals surface area contributed by atoms with E-state index in [1.807, 2.05) is 30.3 Å². The molecule has 0 fully saturated rings. The van der Waals surface area contributed by atoms with Gasteiger partial charge < -0.3 is 14.6 Å². The molecule has 2 heterocycles. The van der Waals surface area contributed by atoms with Crippen LogP contribution in [0.25, 0.3) is 0 Å². The van der Waals surface area contributed by atoms with Crippen molar-refractivity contribution >= 4 is 17.7 Å². The number of amides is 1. The van der Waals surface area contributed by atoms with Crippen LogP contribution in [-0.4, -0.2) is 32.0 Å². The van der Waals surface area contributed by atoms with Gasteiger partial charge in [-0.1, -0.05) is 71.0 Å². The quantitative estimate of drug-likeness (QED) is 0.460. The van der Waals surface area contributed by atoms with Crippen LogP contribution in [0.15, 0.2) is 77.4 Å². The number of carbonyl (C=O) groups excluding carboxylic acids is 2. The Kier molecular flexibility index (Phi) is 5.84. The maximum atomic E-state index is 12.8. The largest absolute Gasteiger partial charge is 0.442 e. The lowest BCUT2D eigenvalue weighted by atomic mass is 10.1. The van der Waals surface area contributed by atoms with E-state index < -0.39 is 18.0 Å². The number of anilines is 1. The van der Waals surface area contributed by atoms with Gasteiger partial charge in [-0.2, -0.15) is 0 Å². The van der Waals surface area contributed by atoms with Gasteiger partial charge in [0.15, 0.2) is 11.5 Å². The summed E-state index contributed by atoms with van der Waals surface area (Å²) in [5.74, 6) is -0.559. The summed E-state index contributed by atoms with van der Waals surface area (Å²) in [6.45, 7) is 2.16. The van der Waals surface area contributed by atoms with E-state index >= 15 is 0 Å². The SMILES string of the molecule is Cc1cc(NC(=O)C(OC(=O)c2cn(Cc3ccccc3)nn2)c2ccccc2)no1. The molecule has 0 aliphatic heterocycles. The van der Waals surface area contributed by atoms with Gasteiger partial charge in [0.25, 0.3) is 5.91 Å². The maximum absolute atomic E-state index is 12.8. The van der Waals surface area contributed by atoms with Crippen LogP contribution >= 0.6 is 0 Å². The molecule has 0 bridgehead atoms. The van der Waals surface area contributed by atoms with E-state index in [2.05, 4.69) is 20.8 Å². The van der Waals surface area contributed by atoms with E-state index in [0.29, 0.717) is 17.9 Å². The third-order valence-corrected chi connectivity index (χ3v) is 4.38. The van der Waals surface area contributed by atoms with Crippen molar-refractivity contribution in [2.45, 2.75) is 19.6 Å². The molecule has 2 aromatic heterocycles. The summed E-state index contributed by atoms with van der Waals surface area (Å²) in [6.07, 6.45) is 0.279. The Balaban J connectivity index is 1.50. The van der Waals surface area contributed by atoms with Crippen molar-refractivity contribution in [2.75, 3.05) is 5.32 Å². The summed E-state index contributed by atoms with van der Waals surface area (Å²) in [5, 5.41) is 14.2. The number of hydrogen-bond acceptors (Lipinski definition) is 7. The number of rotatable bonds is 7. The third-order valence-electron chi connectivity index (χ3n) is 4.38. The van der Waals surface area contributed by atoms with E-state index in [1.54, 1.807) is 43.3 Å². The number of nitrogens with zero attached hydrogens (tertiary/aromatic N) is 4. The third kappa shape index (κ3) is 5.02. The first-order valence-electron chi connectivity index (χ1n) is 9.52. The molecule has 1 N–H and O–H groups in total. The topological polar surface area (TPSA) is 112 Å². The molecule has 0 aliphatic carbocycles. The van der Waals surface area contributed by atoms with Crippen LogP contribution in [0.2, 0.25) is 0 Å². The van der Waals surface area contributed by atoms with Crippen molar-refractivity contribution < 1.29 is 18.8 Å². The molecule has 156 valence electrons. The Bertz CT molecular complexity index is 1170. The number of aryl methyl sites for hydroxylation is 1. The molecule has 9 nitrogen and oxygen atoms in total. The van der Waals surface area contributed by atoms with Gasteiger partial charge in [0.05, 0.1) is 12.7 Å². The van der Waals surface area contributed by atoms with Crippen LogP contribution in [0, 0.1) is 6.92 Å². The van der Waals surface area contributed by atoms with Gasteiger partial charge in [-0.3, -0.25) is 4.79 Å². The maximum Gasteiger partial charge on any atom is 0.361 e. The van der Waals surface area contributed by atoms with Crippen LogP contribution in [0.5, 0.6) is 0 Å². The molecule has 31 heavy (non-hydrogen) atoms. The van der Waals surface area contributed by atoms with Gasteiger partial charge in [-0.05, 0) is 12.5 Å². The van der Waals surface area contributed by atoms with Crippen molar-refractivity contribution in [2.24, 2.45) is 0 Å². The Morgan fingerprint density at radius 2 is 1.81 bits per heavy atom. The second-order valence-corrected chi connectivity index (χ2v) is 6.80. The van der Waals surface area contributed by atoms with Crippen molar-refractivity contribution in [3.63, 3.8) is 0 Å². The lowest BCUT2D eigenvalue weighted by molar-refractivity contribution is -0.125. The molecule has 0 saturated carbocycles. The Labute approximate surface area is 177 Å². The van der Waals surface area contributed by atoms with Crippen LogP contribution in [-0.2, 0) is 16.1 Å². The number of esters is 1. The number of ether oxygens (including phenoxy) is 1. The predicted molar refractivity (Wildman–Crippen MR) is 110 cm³/mol. The first kappa shape index (κ1) is 20.0. The minimum Gasteiger partial charge on any atom is -0.442 e. The molecular weight excluding hydrogens is 398 g/mol. The summed E-state index contributed by atoms with van der Waals surface area (Å²) in [5.41, 5.74) is 1.52. The van der Waals surface area contributed by atoms with Crippen LogP contribution in [0.4, 0.5) is 5.82 Å². The minimum absolute atomic E-state index is 0.00180. The molecule has 9 heteroatoms. The zero-order chi connectivity index (χ0) is 21.6. The molecule has 1 unspecified atom stereocenters. The molecule has 0 aliphatic rings. The van der Waals surface area contributed by atoms with E-state index in [9.17, 15) is 9.59 Å². The summed E-state index contributed by atoms with van der Waals surface area (Å²) in [6, 6.07) is 19.9. The Morgan fingerprint density at radius 3 is 2.48 bits per heavy atom. The number of aromatic nitrogens is 4. The Morgan fingerprint density at radius 1 is 1.10 bits per heavy atom. The highest BCUT2D eigenvalue weighted by molar-refractivity contribution is 5.97. The lowest BCUT2D eigenvalue weighted by Gasteiger charge is -2.16. The zero-order valence-corrected chi connectivity index (χ0v) is 16.6. The van der Waals surface area contributed by atoms with Gasteiger partial charge in [0.1, 0.15) is 5.76 Å². The van der Waals surface area contributed by atoms with E-state index in [4.69, 9.17) is 9.26 Å². The second kappa shape index (κ2) is 9.04. The van der Waals surface area contributed by atoms with Crippen molar-refractivity contribution in [1.29, 1.82) is 0 Å². The summed E-state index contributed by atoms with van der Waals surface area (Å²) >= 11 is 0. The summed E-state index contributed by atoms with van der Waals surface area (Å²) in [4.78, 5) is 25.5. The molecule has 0 radical (unpaired) electrons. The average molecular weight is 417 g/mol. The standard InChI is InChI=1S/C22H19N5O4/c1-15-12-19(25-31-15)23-21(28)20(17-10-6-3-7-11-17)30-22(29)18-14-27(26-24-18)13-16-8-4-2-5-9-16/h2-12,14,20H,13H2,1H3,(H,23,25,28). The summed E-state index contributed by atoms with van der Waals surface area (Å²) in [7, 11) is 0. The Hall–Kier alpha value is -4.27. The normalized spacial score (nSPS) is 11.6. The number of nitrogens with one attached hydrogen (secondary N) is 1. The molecule has 4 aromatic rings. The first-order chi connectivity index (χ1) is 15.1. The number of hydrogen-bond donors (Lipinski definition) is 1. The fraction of sp³-hybridized carbons (Fsp3) is 0.136. The van der Waals surface area contributed by atoms with Crippen LogP contribution < -0.4 is 5.32 Å². The molecule has 2 aromatic carbocycles. The van der Waals surface area contributed by atoms with Crippen molar-refractivity contribution in [3.8, 4) is 0 Å². The molecule has 0 saturated heterocycles. The minimum atomic E-state index is -1.20. The van der Waals surface area contributed by atoms with Gasteiger partial charge in [0.2, 0.25) is 6.10 Å². The van der Waals surface area contributed by atoms with Gasteiger partial charge >= 0.3 is 5.97 Å². The molecular formula is C22H19N5O4. The number of carbonyl (C=O) groups is 2. The zero-order valence-electron chi connectivity index (χ0n) is 16.6. The highest BCUT2D eigenvalue weighted by Crippen LogP contribution is 2.21. The fourth-order valence-electron chi connectivity index (χ4n) is 2.92. The predicted octanol–water partition coefficient (Wildman–Crippen LogP) is 3.16. The smallest absolute Gasteiger partial charge is 0.361 e. The molecule has 1 atom stereocenters. The van der Waals surface area contributed by atoms with Gasteiger partial charge in [0, 0.05) is 11.6 Å². The molecule has 1 amide bonds. The van der Waals surface area contributed by atoms with Crippen molar-refractivity contribution in [1.82, 2.24) is 20.2 Å². The van der Waals surface area contributed by atoms with E-state index in [1.165, 1.54) is 10.9 Å². The van der Waals surface area contributed by atoms with Gasteiger partial charge in [-0.15, -0.1) is 5.10 Å².